The quantitative estimate of drug-likeness (QED) is 0.304. The molecule has 0 aromatic heterocycles. The summed E-state index contributed by atoms with van der Waals surface area (Å²) in [5.74, 6) is 0. The molecule has 0 fully saturated rings. The fourth-order valence-corrected chi connectivity index (χ4v) is 0.409. The number of hydrogen-bond donors (Lipinski definition) is 1. The van der Waals surface area contributed by atoms with Gasteiger partial charge in [-0.05, 0) is 0 Å². The molecule has 15 heavy (non-hydrogen) atoms. The van der Waals surface area contributed by atoms with Crippen molar-refractivity contribution in [3.63, 3.8) is 0 Å². The number of allylic oxidation sites excluding steroid dienone is 3. The summed E-state index contributed by atoms with van der Waals surface area (Å²) in [4.78, 5) is 9.72. The van der Waals surface area contributed by atoms with Gasteiger partial charge in [0.25, 0.3) is 0 Å². The minimum absolute atomic E-state index is 0. The summed E-state index contributed by atoms with van der Waals surface area (Å²) in [6.45, 7) is 11.6. The topological polar surface area (TPSA) is 29.1 Å². The molecule has 0 bridgehead atoms. The Morgan fingerprint density at radius 2 is 1.60 bits per heavy atom. The minimum atomic E-state index is 0. The van der Waals surface area contributed by atoms with Crippen molar-refractivity contribution in [3.05, 3.63) is 23.9 Å². The SMILES string of the molecule is CC.CC.C[C-]=C(/C=C\C)N[C-]=O.[K+].[W]. The molecule has 1 N–H and O–H groups in total. The minimum Gasteiger partial charge on any atom is -0.523 e. The van der Waals surface area contributed by atoms with Crippen molar-refractivity contribution in [2.45, 2.75) is 41.5 Å². The molecular formula is C11H21KNOW-. The van der Waals surface area contributed by atoms with E-state index in [1.807, 2.05) is 40.7 Å². The number of nitrogens with one attached hydrogen (secondary N) is 1. The molecule has 84 valence electrons. The van der Waals surface area contributed by atoms with E-state index in [1.54, 1.807) is 19.4 Å². The average molecular weight is 406 g/mol. The van der Waals surface area contributed by atoms with Crippen molar-refractivity contribution in [2.24, 2.45) is 0 Å². The normalized spacial score (nSPS) is 8.00. The molecule has 2 nitrogen and oxygen atoms in total. The first-order valence-corrected chi connectivity index (χ1v) is 4.65. The molecule has 0 aromatic carbocycles. The smallest absolute Gasteiger partial charge is 0.523 e. The van der Waals surface area contributed by atoms with Crippen LogP contribution in [0.5, 0.6) is 0 Å². The van der Waals surface area contributed by atoms with Gasteiger partial charge in [0.15, 0.2) is 0 Å². The van der Waals surface area contributed by atoms with Crippen molar-refractivity contribution in [1.82, 2.24) is 5.32 Å². The van der Waals surface area contributed by atoms with Crippen LogP contribution in [-0.4, -0.2) is 6.41 Å². The molecule has 0 spiro atoms. The zero-order chi connectivity index (χ0) is 11.1. The van der Waals surface area contributed by atoms with E-state index in [2.05, 4.69) is 11.4 Å². The van der Waals surface area contributed by atoms with Gasteiger partial charge < -0.3 is 16.2 Å². The van der Waals surface area contributed by atoms with E-state index < -0.39 is 0 Å². The second-order valence-corrected chi connectivity index (χ2v) is 1.39. The third-order valence-corrected chi connectivity index (χ3v) is 0.788. The maximum atomic E-state index is 9.72. The molecule has 0 saturated heterocycles. The Labute approximate surface area is 152 Å². The van der Waals surface area contributed by atoms with Gasteiger partial charge in [0.05, 0.1) is 6.41 Å². The van der Waals surface area contributed by atoms with E-state index >= 15 is 0 Å². The van der Waals surface area contributed by atoms with Gasteiger partial charge in [-0.3, -0.25) is 11.8 Å². The summed E-state index contributed by atoms with van der Waals surface area (Å²) in [5, 5.41) is 2.35. The fraction of sp³-hybridized carbons (Fsp3) is 0.545. The van der Waals surface area contributed by atoms with Crippen molar-refractivity contribution in [2.75, 3.05) is 0 Å². The van der Waals surface area contributed by atoms with Crippen molar-refractivity contribution >= 4 is 6.41 Å². The van der Waals surface area contributed by atoms with E-state index in [-0.39, 0.29) is 72.4 Å². The maximum Gasteiger partial charge on any atom is 1.00 e. The number of rotatable bonds is 3. The number of amides is 1. The molecule has 0 aliphatic rings. The van der Waals surface area contributed by atoms with Crippen LogP contribution in [0.4, 0.5) is 0 Å². The zero-order valence-corrected chi connectivity index (χ0v) is 17.0. The third kappa shape index (κ3) is 31.3. The van der Waals surface area contributed by atoms with Crippen molar-refractivity contribution < 1.29 is 77.2 Å². The van der Waals surface area contributed by atoms with E-state index in [9.17, 15) is 4.79 Å². The standard InChI is InChI=1S/C7H9NO.2C2H6.K.W/c1-3-5-7(4-2)8-6-9;2*1-2;;/h3,5H,1-2H3,(H,8,9);2*1-2H3;;/q-2;;;+1;/b5-3-;;;;. The molecule has 0 aliphatic carbocycles. The van der Waals surface area contributed by atoms with Crippen LogP contribution < -0.4 is 56.7 Å². The summed E-state index contributed by atoms with van der Waals surface area (Å²) in [6, 6.07) is 0. The molecule has 1 amide bonds. The fourth-order valence-electron chi connectivity index (χ4n) is 0.409. The van der Waals surface area contributed by atoms with Crippen LogP contribution in [0, 0.1) is 6.08 Å². The van der Waals surface area contributed by atoms with Gasteiger partial charge in [-0.2, -0.15) is 6.08 Å². The molecule has 0 saturated carbocycles. The summed E-state index contributed by atoms with van der Waals surface area (Å²) >= 11 is 0. The molecule has 0 rings (SSSR count). The van der Waals surface area contributed by atoms with Gasteiger partial charge in [0.2, 0.25) is 0 Å². The van der Waals surface area contributed by atoms with Crippen LogP contribution in [0.1, 0.15) is 41.5 Å². The predicted octanol–water partition coefficient (Wildman–Crippen LogP) is -0.0198. The molecule has 0 radical (unpaired) electrons. The third-order valence-electron chi connectivity index (χ3n) is 0.788. The summed E-state index contributed by atoms with van der Waals surface area (Å²) in [5.41, 5.74) is 0.646. The van der Waals surface area contributed by atoms with Crippen LogP contribution >= 0.6 is 0 Å². The van der Waals surface area contributed by atoms with Gasteiger partial charge >= 0.3 is 51.4 Å². The van der Waals surface area contributed by atoms with Gasteiger partial charge in [-0.15, -0.1) is 6.92 Å². The van der Waals surface area contributed by atoms with E-state index in [1.165, 1.54) is 0 Å². The Bertz CT molecular complexity index is 148. The summed E-state index contributed by atoms with van der Waals surface area (Å²) in [6.07, 6.45) is 7.87. The van der Waals surface area contributed by atoms with Gasteiger partial charge in [0, 0.05) is 21.1 Å². The van der Waals surface area contributed by atoms with Crippen molar-refractivity contribution in [1.29, 1.82) is 0 Å². The van der Waals surface area contributed by atoms with Crippen LogP contribution in [-0.2, 0) is 25.9 Å². The number of carbonyl (C=O) groups excluding carboxylic acids is 1. The Morgan fingerprint density at radius 3 is 1.80 bits per heavy atom. The Hall–Kier alpha value is 1.27. The van der Waals surface area contributed by atoms with Crippen molar-refractivity contribution in [3.8, 4) is 0 Å². The van der Waals surface area contributed by atoms with Crippen LogP contribution in [0.3, 0.4) is 0 Å². The first-order valence-electron chi connectivity index (χ1n) is 4.65. The summed E-state index contributed by atoms with van der Waals surface area (Å²) < 4.78 is 0. The van der Waals surface area contributed by atoms with Gasteiger partial charge in [-0.25, -0.2) is 0 Å². The zero-order valence-electron chi connectivity index (χ0n) is 11.0. The summed E-state index contributed by atoms with van der Waals surface area (Å²) in [7, 11) is 0. The first-order chi connectivity index (χ1) is 6.35. The molecule has 0 heterocycles. The van der Waals surface area contributed by atoms with Crippen LogP contribution in [0.2, 0.25) is 0 Å². The molecular weight excluding hydrogens is 385 g/mol. The Kier molecular flexibility index (Phi) is 72.1. The number of hydrogen-bond acceptors (Lipinski definition) is 1. The van der Waals surface area contributed by atoms with Gasteiger partial charge in [0.1, 0.15) is 0 Å². The molecule has 0 unspecified atom stereocenters. The van der Waals surface area contributed by atoms with Crippen LogP contribution in [0.25, 0.3) is 0 Å². The largest absolute Gasteiger partial charge is 1.00 e. The van der Waals surface area contributed by atoms with E-state index in [4.69, 9.17) is 0 Å². The molecule has 0 aromatic rings. The molecule has 0 aliphatic heterocycles. The first kappa shape index (κ1) is 29.9. The average Bonchev–Trinajstić information content (AvgIpc) is 2.23. The maximum absolute atomic E-state index is 9.72. The predicted molar refractivity (Wildman–Crippen MR) is 58.8 cm³/mol. The Morgan fingerprint density at radius 1 is 1.20 bits per heavy atom. The van der Waals surface area contributed by atoms with Gasteiger partial charge in [-0.1, -0.05) is 34.6 Å². The second kappa shape index (κ2) is 36.2. The molecule has 0 atom stereocenters. The second-order valence-electron chi connectivity index (χ2n) is 1.39. The molecule has 4 heteroatoms. The monoisotopic (exact) mass is 406 g/mol. The van der Waals surface area contributed by atoms with E-state index in [0.717, 1.165) is 0 Å². The Balaban J connectivity index is -0.0000000496. The van der Waals surface area contributed by atoms with Crippen LogP contribution in [0.15, 0.2) is 17.8 Å². The van der Waals surface area contributed by atoms with E-state index in [0.29, 0.717) is 5.70 Å².